The molecule has 0 spiro atoms. The van der Waals surface area contributed by atoms with Crippen LogP contribution < -0.4 is 11.5 Å². The number of carbonyl (C=O) groups excluding carboxylic acids is 1. The standard InChI is InChI=1S/C11H13N5O2/c1-16-4-8(9(5-17)15-16)6-2-7(11(13)18)10(12)14-3-6/h2-4,17H,5H2,1H3,(H2,12,14)(H2,13,18). The summed E-state index contributed by atoms with van der Waals surface area (Å²) in [6.07, 6.45) is 3.24. The molecular formula is C11H13N5O2. The molecule has 0 fully saturated rings. The van der Waals surface area contributed by atoms with Crippen molar-refractivity contribution in [3.8, 4) is 11.1 Å². The number of rotatable bonds is 3. The van der Waals surface area contributed by atoms with Gasteiger partial charge in [-0.15, -0.1) is 0 Å². The molecule has 2 rings (SSSR count). The zero-order chi connectivity index (χ0) is 13.3. The lowest BCUT2D eigenvalue weighted by molar-refractivity contribution is 0.100. The number of aliphatic hydroxyl groups excluding tert-OH is 1. The maximum Gasteiger partial charge on any atom is 0.252 e. The van der Waals surface area contributed by atoms with Crippen LogP contribution in [-0.4, -0.2) is 25.8 Å². The van der Waals surface area contributed by atoms with Gasteiger partial charge >= 0.3 is 0 Å². The Bertz CT molecular complexity index is 605. The van der Waals surface area contributed by atoms with Crippen molar-refractivity contribution in [2.75, 3.05) is 5.73 Å². The fourth-order valence-electron chi connectivity index (χ4n) is 1.71. The van der Waals surface area contributed by atoms with E-state index in [1.54, 1.807) is 24.0 Å². The van der Waals surface area contributed by atoms with Crippen LogP contribution in [0, 0.1) is 0 Å². The number of hydrogen-bond acceptors (Lipinski definition) is 5. The molecule has 0 bridgehead atoms. The average molecular weight is 247 g/mol. The summed E-state index contributed by atoms with van der Waals surface area (Å²) in [6.45, 7) is -0.202. The lowest BCUT2D eigenvalue weighted by Gasteiger charge is -2.04. The van der Waals surface area contributed by atoms with Crippen molar-refractivity contribution in [3.05, 3.63) is 29.7 Å². The molecule has 2 heterocycles. The Labute approximate surface area is 103 Å². The van der Waals surface area contributed by atoms with E-state index in [1.165, 1.54) is 6.20 Å². The van der Waals surface area contributed by atoms with Gasteiger partial charge in [0.1, 0.15) is 5.82 Å². The van der Waals surface area contributed by atoms with Crippen LogP contribution in [0.2, 0.25) is 0 Å². The highest BCUT2D eigenvalue weighted by Gasteiger charge is 2.13. The summed E-state index contributed by atoms with van der Waals surface area (Å²) in [5.41, 5.74) is 12.7. The van der Waals surface area contributed by atoms with E-state index in [1.807, 2.05) is 0 Å². The Balaban J connectivity index is 2.57. The predicted molar refractivity (Wildman–Crippen MR) is 65.3 cm³/mol. The fraction of sp³-hybridized carbons (Fsp3) is 0.182. The van der Waals surface area contributed by atoms with Crippen molar-refractivity contribution < 1.29 is 9.90 Å². The monoisotopic (exact) mass is 247 g/mol. The number of aromatic nitrogens is 3. The fourth-order valence-corrected chi connectivity index (χ4v) is 1.71. The van der Waals surface area contributed by atoms with E-state index >= 15 is 0 Å². The smallest absolute Gasteiger partial charge is 0.252 e. The van der Waals surface area contributed by atoms with Crippen LogP contribution in [0.5, 0.6) is 0 Å². The Morgan fingerprint density at radius 2 is 2.28 bits per heavy atom. The Morgan fingerprint density at radius 1 is 1.56 bits per heavy atom. The largest absolute Gasteiger partial charge is 0.390 e. The van der Waals surface area contributed by atoms with Gasteiger partial charge in [0.2, 0.25) is 0 Å². The maximum atomic E-state index is 11.2. The van der Waals surface area contributed by atoms with Gasteiger partial charge in [-0.25, -0.2) is 4.98 Å². The molecule has 7 heteroatoms. The van der Waals surface area contributed by atoms with Gasteiger partial charge in [-0.2, -0.15) is 5.10 Å². The number of aliphatic hydroxyl groups is 1. The number of amides is 1. The first kappa shape index (κ1) is 12.1. The zero-order valence-electron chi connectivity index (χ0n) is 9.79. The average Bonchev–Trinajstić information content (AvgIpc) is 2.70. The molecule has 2 aromatic rings. The van der Waals surface area contributed by atoms with Gasteiger partial charge in [0.05, 0.1) is 17.9 Å². The van der Waals surface area contributed by atoms with Gasteiger partial charge in [0, 0.05) is 30.6 Å². The quantitative estimate of drug-likeness (QED) is 0.685. The van der Waals surface area contributed by atoms with Crippen LogP contribution >= 0.6 is 0 Å². The predicted octanol–water partition coefficient (Wildman–Crippen LogP) is -0.344. The first-order chi connectivity index (χ1) is 8.52. The number of nitrogens with two attached hydrogens (primary N) is 2. The molecule has 0 aliphatic carbocycles. The number of nitrogen functional groups attached to an aromatic ring is 1. The van der Waals surface area contributed by atoms with E-state index in [2.05, 4.69) is 10.1 Å². The summed E-state index contributed by atoms with van der Waals surface area (Å²) in [5, 5.41) is 13.3. The van der Waals surface area contributed by atoms with E-state index in [0.717, 1.165) is 0 Å². The van der Waals surface area contributed by atoms with E-state index in [9.17, 15) is 9.90 Å². The lowest BCUT2D eigenvalue weighted by atomic mass is 10.1. The normalized spacial score (nSPS) is 10.6. The molecule has 2 aromatic heterocycles. The Hall–Kier alpha value is -2.41. The zero-order valence-corrected chi connectivity index (χ0v) is 9.79. The maximum absolute atomic E-state index is 11.2. The number of anilines is 1. The minimum Gasteiger partial charge on any atom is -0.390 e. The number of nitrogens with zero attached hydrogens (tertiary/aromatic N) is 3. The molecular weight excluding hydrogens is 234 g/mol. The molecule has 0 atom stereocenters. The summed E-state index contributed by atoms with van der Waals surface area (Å²) in [6, 6.07) is 1.54. The van der Waals surface area contributed by atoms with Crippen LogP contribution in [0.3, 0.4) is 0 Å². The van der Waals surface area contributed by atoms with Crippen LogP contribution in [0.25, 0.3) is 11.1 Å². The van der Waals surface area contributed by atoms with Gasteiger partial charge in [0.15, 0.2) is 0 Å². The van der Waals surface area contributed by atoms with Crippen LogP contribution in [0.1, 0.15) is 16.1 Å². The third kappa shape index (κ3) is 2.03. The number of aryl methyl sites for hydroxylation is 1. The van der Waals surface area contributed by atoms with Gasteiger partial charge in [-0.05, 0) is 6.07 Å². The second kappa shape index (κ2) is 4.46. The van der Waals surface area contributed by atoms with E-state index < -0.39 is 5.91 Å². The van der Waals surface area contributed by atoms with Crippen LogP contribution in [0.15, 0.2) is 18.5 Å². The summed E-state index contributed by atoms with van der Waals surface area (Å²) >= 11 is 0. The summed E-state index contributed by atoms with van der Waals surface area (Å²) in [5.74, 6) is -0.558. The van der Waals surface area contributed by atoms with Crippen molar-refractivity contribution in [3.63, 3.8) is 0 Å². The number of primary amides is 1. The highest BCUT2D eigenvalue weighted by molar-refractivity contribution is 5.98. The van der Waals surface area contributed by atoms with Crippen molar-refractivity contribution >= 4 is 11.7 Å². The Kier molecular flexibility index (Phi) is 2.99. The second-order valence-electron chi connectivity index (χ2n) is 3.84. The van der Waals surface area contributed by atoms with Crippen LogP contribution in [0.4, 0.5) is 5.82 Å². The van der Waals surface area contributed by atoms with E-state index in [-0.39, 0.29) is 18.0 Å². The number of carbonyl (C=O) groups is 1. The van der Waals surface area contributed by atoms with Crippen LogP contribution in [-0.2, 0) is 13.7 Å². The molecule has 0 aliphatic rings. The molecule has 1 amide bonds. The van der Waals surface area contributed by atoms with E-state index in [0.29, 0.717) is 16.8 Å². The minimum absolute atomic E-state index is 0.0840. The molecule has 0 saturated carbocycles. The molecule has 18 heavy (non-hydrogen) atoms. The van der Waals surface area contributed by atoms with Gasteiger partial charge in [0.25, 0.3) is 5.91 Å². The molecule has 0 aliphatic heterocycles. The highest BCUT2D eigenvalue weighted by Crippen LogP contribution is 2.24. The SMILES string of the molecule is Cn1cc(-c2cnc(N)c(C(N)=O)c2)c(CO)n1. The van der Waals surface area contributed by atoms with Gasteiger partial charge < -0.3 is 16.6 Å². The molecule has 0 radical (unpaired) electrons. The van der Waals surface area contributed by atoms with E-state index in [4.69, 9.17) is 11.5 Å². The van der Waals surface area contributed by atoms with Crippen molar-refractivity contribution in [2.45, 2.75) is 6.61 Å². The molecule has 5 N–H and O–H groups in total. The summed E-state index contributed by atoms with van der Waals surface area (Å²) < 4.78 is 1.57. The molecule has 7 nitrogen and oxygen atoms in total. The van der Waals surface area contributed by atoms with Crippen molar-refractivity contribution in [1.82, 2.24) is 14.8 Å². The van der Waals surface area contributed by atoms with Gasteiger partial charge in [-0.3, -0.25) is 9.48 Å². The third-order valence-electron chi connectivity index (χ3n) is 2.55. The number of hydrogen-bond donors (Lipinski definition) is 3. The molecule has 0 saturated heterocycles. The molecule has 94 valence electrons. The van der Waals surface area contributed by atoms with Gasteiger partial charge in [-0.1, -0.05) is 0 Å². The first-order valence-electron chi connectivity index (χ1n) is 5.22. The Morgan fingerprint density at radius 3 is 2.89 bits per heavy atom. The highest BCUT2D eigenvalue weighted by atomic mass is 16.3. The lowest BCUT2D eigenvalue weighted by Crippen LogP contribution is -2.14. The minimum atomic E-state index is -0.642. The number of pyridine rings is 1. The molecule has 0 aromatic carbocycles. The third-order valence-corrected chi connectivity index (χ3v) is 2.55. The second-order valence-corrected chi connectivity index (χ2v) is 3.84. The summed E-state index contributed by atoms with van der Waals surface area (Å²) in [7, 11) is 1.74. The van der Waals surface area contributed by atoms with Crippen molar-refractivity contribution in [2.24, 2.45) is 12.8 Å². The first-order valence-corrected chi connectivity index (χ1v) is 5.22. The summed E-state index contributed by atoms with van der Waals surface area (Å²) in [4.78, 5) is 15.1. The topological polar surface area (TPSA) is 120 Å². The molecule has 0 unspecified atom stereocenters. The van der Waals surface area contributed by atoms with Crippen molar-refractivity contribution in [1.29, 1.82) is 0 Å².